The van der Waals surface area contributed by atoms with Gasteiger partial charge in [0.1, 0.15) is 5.82 Å². The van der Waals surface area contributed by atoms with Crippen molar-refractivity contribution in [3.05, 3.63) is 82.5 Å². The Morgan fingerprint density at radius 1 is 1.06 bits per heavy atom. The number of nitrogens with zero attached hydrogens (tertiary/aromatic N) is 1. The molecule has 1 aliphatic rings. The van der Waals surface area contributed by atoms with Gasteiger partial charge in [-0.1, -0.05) is 56.3 Å². The van der Waals surface area contributed by atoms with Crippen LogP contribution in [0.2, 0.25) is 0 Å². The first-order valence-corrected chi connectivity index (χ1v) is 11.8. The van der Waals surface area contributed by atoms with Crippen molar-refractivity contribution >= 4 is 17.2 Å². The largest absolute Gasteiger partial charge is 0.349 e. The van der Waals surface area contributed by atoms with Crippen molar-refractivity contribution in [2.75, 3.05) is 13.1 Å². The first kappa shape index (κ1) is 21.7. The molecule has 5 heteroatoms. The average Bonchev–Trinajstić information content (AvgIpc) is 3.26. The van der Waals surface area contributed by atoms with Gasteiger partial charge in [-0.05, 0) is 48.1 Å². The molecular formula is C26H29FN2OS. The quantitative estimate of drug-likeness (QED) is 0.508. The topological polar surface area (TPSA) is 32.3 Å². The average molecular weight is 437 g/mol. The second kappa shape index (κ2) is 9.75. The van der Waals surface area contributed by atoms with Gasteiger partial charge in [0.05, 0.1) is 4.88 Å². The molecule has 1 aliphatic heterocycles. The lowest BCUT2D eigenvalue weighted by Gasteiger charge is -2.32. The van der Waals surface area contributed by atoms with Crippen LogP contribution < -0.4 is 5.32 Å². The van der Waals surface area contributed by atoms with E-state index in [4.69, 9.17) is 0 Å². The van der Waals surface area contributed by atoms with Crippen LogP contribution in [0.1, 0.15) is 53.4 Å². The Morgan fingerprint density at radius 3 is 2.45 bits per heavy atom. The zero-order valence-electron chi connectivity index (χ0n) is 18.1. The number of benzene rings is 2. The minimum atomic E-state index is -0.262. The Morgan fingerprint density at radius 2 is 1.77 bits per heavy atom. The van der Waals surface area contributed by atoms with E-state index < -0.39 is 0 Å². The van der Waals surface area contributed by atoms with Gasteiger partial charge < -0.3 is 5.32 Å². The lowest BCUT2D eigenvalue weighted by Crippen LogP contribution is -2.44. The number of piperidine rings is 1. The Balaban J connectivity index is 1.28. The fraction of sp³-hybridized carbons (Fsp3) is 0.346. The zero-order valence-corrected chi connectivity index (χ0v) is 18.9. The Hall–Kier alpha value is -2.50. The molecule has 1 aromatic heterocycles. The van der Waals surface area contributed by atoms with E-state index in [1.54, 1.807) is 18.2 Å². The highest BCUT2D eigenvalue weighted by Gasteiger charge is 2.22. The molecule has 4 rings (SSSR count). The van der Waals surface area contributed by atoms with Crippen LogP contribution >= 0.6 is 11.3 Å². The maximum Gasteiger partial charge on any atom is 0.261 e. The van der Waals surface area contributed by atoms with Crippen LogP contribution in [0.3, 0.4) is 0 Å². The van der Waals surface area contributed by atoms with Crippen LogP contribution in [0.15, 0.2) is 60.7 Å². The number of carbonyl (C=O) groups excluding carboxylic acids is 1. The summed E-state index contributed by atoms with van der Waals surface area (Å²) < 4.78 is 14.0. The number of thiophene rings is 1. The number of amides is 1. The van der Waals surface area contributed by atoms with Crippen molar-refractivity contribution in [2.24, 2.45) is 0 Å². The Kier molecular flexibility index (Phi) is 6.83. The minimum Gasteiger partial charge on any atom is -0.349 e. The summed E-state index contributed by atoms with van der Waals surface area (Å²) in [5.74, 6) is 0.234. The van der Waals surface area contributed by atoms with Crippen molar-refractivity contribution in [1.29, 1.82) is 0 Å². The fourth-order valence-electron chi connectivity index (χ4n) is 4.02. The number of halogens is 1. The summed E-state index contributed by atoms with van der Waals surface area (Å²) in [5.41, 5.74) is 3.25. The van der Waals surface area contributed by atoms with Gasteiger partial charge in [0, 0.05) is 36.1 Å². The standard InChI is InChI=1S/C26H29FN2OS/c1-18(2)20-9-7-19(8-10-20)17-29-15-13-21(14-16-29)28-26(30)25-12-11-24(31-25)22-5-3-4-6-23(22)27/h3-12,18,21H,13-17H2,1-2H3,(H,28,30). The smallest absolute Gasteiger partial charge is 0.261 e. The Labute approximate surface area is 187 Å². The van der Waals surface area contributed by atoms with Crippen molar-refractivity contribution < 1.29 is 9.18 Å². The van der Waals surface area contributed by atoms with E-state index in [0.717, 1.165) is 37.4 Å². The zero-order chi connectivity index (χ0) is 21.8. The molecule has 0 aliphatic carbocycles. The van der Waals surface area contributed by atoms with Crippen LogP contribution in [-0.4, -0.2) is 29.9 Å². The van der Waals surface area contributed by atoms with E-state index >= 15 is 0 Å². The van der Waals surface area contributed by atoms with Gasteiger partial charge in [0.2, 0.25) is 0 Å². The number of likely N-dealkylation sites (tertiary alicyclic amines) is 1. The fourth-order valence-corrected chi connectivity index (χ4v) is 4.96. The van der Waals surface area contributed by atoms with Gasteiger partial charge >= 0.3 is 0 Å². The predicted molar refractivity (Wildman–Crippen MR) is 126 cm³/mol. The molecule has 162 valence electrons. The highest BCUT2D eigenvalue weighted by atomic mass is 32.1. The number of rotatable bonds is 6. The van der Waals surface area contributed by atoms with Crippen LogP contribution in [0.5, 0.6) is 0 Å². The highest BCUT2D eigenvalue weighted by Crippen LogP contribution is 2.30. The molecule has 2 heterocycles. The second-order valence-corrected chi connectivity index (χ2v) is 9.65. The first-order valence-electron chi connectivity index (χ1n) is 11.0. The lowest BCUT2D eigenvalue weighted by molar-refractivity contribution is 0.0913. The molecule has 0 atom stereocenters. The summed E-state index contributed by atoms with van der Waals surface area (Å²) in [5, 5.41) is 3.17. The summed E-state index contributed by atoms with van der Waals surface area (Å²) in [6.45, 7) is 7.33. The SMILES string of the molecule is CC(C)c1ccc(CN2CCC(NC(=O)c3ccc(-c4ccccc4F)s3)CC2)cc1. The van der Waals surface area contributed by atoms with Gasteiger partial charge in [-0.2, -0.15) is 0 Å². The van der Waals surface area contributed by atoms with Crippen LogP contribution in [0.25, 0.3) is 10.4 Å². The number of hydrogen-bond donors (Lipinski definition) is 1. The first-order chi connectivity index (χ1) is 15.0. The molecular weight excluding hydrogens is 407 g/mol. The number of carbonyl (C=O) groups is 1. The number of hydrogen-bond acceptors (Lipinski definition) is 3. The van der Waals surface area contributed by atoms with E-state index in [9.17, 15) is 9.18 Å². The normalized spacial score (nSPS) is 15.4. The van der Waals surface area contributed by atoms with Crippen molar-refractivity contribution in [1.82, 2.24) is 10.2 Å². The molecule has 2 aromatic carbocycles. The van der Waals surface area contributed by atoms with Crippen LogP contribution in [-0.2, 0) is 6.54 Å². The Bertz CT molecular complexity index is 1020. The monoisotopic (exact) mass is 436 g/mol. The van der Waals surface area contributed by atoms with E-state index in [-0.39, 0.29) is 17.8 Å². The van der Waals surface area contributed by atoms with Crippen molar-refractivity contribution in [3.8, 4) is 10.4 Å². The van der Waals surface area contributed by atoms with Gasteiger partial charge in [0.25, 0.3) is 5.91 Å². The summed E-state index contributed by atoms with van der Waals surface area (Å²) in [7, 11) is 0. The molecule has 0 radical (unpaired) electrons. The molecule has 31 heavy (non-hydrogen) atoms. The summed E-state index contributed by atoms with van der Waals surface area (Å²) in [6.07, 6.45) is 1.89. The number of nitrogens with one attached hydrogen (secondary N) is 1. The lowest BCUT2D eigenvalue weighted by atomic mass is 10.0. The third-order valence-corrected chi connectivity index (χ3v) is 7.06. The van der Waals surface area contributed by atoms with E-state index in [1.165, 1.54) is 28.5 Å². The van der Waals surface area contributed by atoms with Crippen molar-refractivity contribution in [2.45, 2.75) is 45.2 Å². The van der Waals surface area contributed by atoms with Crippen LogP contribution in [0.4, 0.5) is 4.39 Å². The summed E-state index contributed by atoms with van der Waals surface area (Å²) in [4.78, 5) is 16.6. The maximum absolute atomic E-state index is 14.0. The molecule has 0 saturated carbocycles. The van der Waals surface area contributed by atoms with Gasteiger partial charge in [-0.15, -0.1) is 11.3 Å². The van der Waals surface area contributed by atoms with E-state index in [2.05, 4.69) is 48.3 Å². The highest BCUT2D eigenvalue weighted by molar-refractivity contribution is 7.17. The third-order valence-electron chi connectivity index (χ3n) is 5.94. The second-order valence-electron chi connectivity index (χ2n) is 8.56. The van der Waals surface area contributed by atoms with Crippen molar-refractivity contribution in [3.63, 3.8) is 0 Å². The molecule has 0 unspecified atom stereocenters. The third kappa shape index (κ3) is 5.41. The molecule has 1 saturated heterocycles. The molecule has 3 nitrogen and oxygen atoms in total. The van der Waals surface area contributed by atoms with E-state index in [0.29, 0.717) is 16.4 Å². The molecule has 0 spiro atoms. The molecule has 1 amide bonds. The maximum atomic E-state index is 14.0. The molecule has 0 bridgehead atoms. The van der Waals surface area contributed by atoms with Gasteiger partial charge in [-0.25, -0.2) is 4.39 Å². The molecule has 1 N–H and O–H groups in total. The molecule has 3 aromatic rings. The predicted octanol–water partition coefficient (Wildman–Crippen LogP) is 6.07. The van der Waals surface area contributed by atoms with E-state index in [1.807, 2.05) is 12.1 Å². The van der Waals surface area contributed by atoms with Gasteiger partial charge in [0.15, 0.2) is 0 Å². The van der Waals surface area contributed by atoms with Crippen LogP contribution in [0, 0.1) is 5.82 Å². The molecule has 1 fully saturated rings. The summed E-state index contributed by atoms with van der Waals surface area (Å²) in [6, 6.07) is 19.4. The summed E-state index contributed by atoms with van der Waals surface area (Å²) >= 11 is 1.34. The minimum absolute atomic E-state index is 0.0599. The van der Waals surface area contributed by atoms with Gasteiger partial charge in [-0.3, -0.25) is 9.69 Å².